The van der Waals surface area contributed by atoms with E-state index in [0.717, 1.165) is 42.0 Å². The Morgan fingerprint density at radius 1 is 1.10 bits per heavy atom. The average molecular weight is 605 g/mol. The first-order valence-corrected chi connectivity index (χ1v) is 14.9. The van der Waals surface area contributed by atoms with E-state index in [-0.39, 0.29) is 24.6 Å². The molecule has 3 aromatic heterocycles. The van der Waals surface area contributed by atoms with E-state index in [4.69, 9.17) is 26.3 Å². The average Bonchev–Trinajstić information content (AvgIpc) is 3.69. The first kappa shape index (κ1) is 29.1. The van der Waals surface area contributed by atoms with Gasteiger partial charge in [0.1, 0.15) is 17.7 Å². The van der Waals surface area contributed by atoms with Crippen molar-refractivity contribution in [1.82, 2.24) is 34.0 Å². The molecule has 0 amide bonds. The van der Waals surface area contributed by atoms with Gasteiger partial charge in [-0.3, -0.25) is 4.90 Å². The van der Waals surface area contributed by atoms with Crippen LogP contribution in [0.4, 0.5) is 19.0 Å². The Balaban J connectivity index is 1.35. The standard InChI is InChI=1S/C29H36ClF3N8O/c1-17(29(31,32)33)12-24(21-7-9-22(30)10-8-21)38-13-19(3)39(14-18(38)2)26-25-27(41-16-34-37-28(41)36-26)40(20(4)35-25)15-23-6-5-11-42-23/h7-10,16-19,23-24H,5-6,11-15H2,1-4H3/t17-,18+,19-,23-,24?/m0/s1. The molecule has 5 heterocycles. The number of halogens is 4. The fourth-order valence-electron chi connectivity index (χ4n) is 6.46. The Morgan fingerprint density at radius 2 is 1.86 bits per heavy atom. The van der Waals surface area contributed by atoms with Crippen LogP contribution in [0.15, 0.2) is 30.6 Å². The second kappa shape index (κ2) is 11.3. The summed E-state index contributed by atoms with van der Waals surface area (Å²) >= 11 is 6.13. The van der Waals surface area contributed by atoms with E-state index in [1.54, 1.807) is 18.5 Å². The molecular weight excluding hydrogens is 569 g/mol. The Hall–Kier alpha value is -2.96. The van der Waals surface area contributed by atoms with Crippen molar-refractivity contribution in [3.05, 3.63) is 47.0 Å². The molecule has 2 aliphatic rings. The number of alkyl halides is 3. The Kier molecular flexibility index (Phi) is 7.82. The molecule has 2 saturated heterocycles. The number of aromatic nitrogens is 6. The highest BCUT2D eigenvalue weighted by atomic mass is 35.5. The molecular formula is C29H36ClF3N8O. The molecule has 0 N–H and O–H groups in total. The Morgan fingerprint density at radius 3 is 2.55 bits per heavy atom. The maximum absolute atomic E-state index is 13.7. The zero-order chi connectivity index (χ0) is 29.8. The molecule has 1 unspecified atom stereocenters. The zero-order valence-electron chi connectivity index (χ0n) is 24.2. The van der Waals surface area contributed by atoms with Gasteiger partial charge in [0.05, 0.1) is 18.6 Å². The van der Waals surface area contributed by atoms with Crippen molar-refractivity contribution in [2.45, 2.75) is 83.9 Å². The van der Waals surface area contributed by atoms with Gasteiger partial charge in [0.25, 0.3) is 5.78 Å². The fraction of sp³-hybridized carbons (Fsp3) is 0.586. The molecule has 6 rings (SSSR count). The second-order valence-corrected chi connectivity index (χ2v) is 12.2. The third kappa shape index (κ3) is 5.44. The first-order valence-electron chi connectivity index (χ1n) is 14.5. The number of aryl methyl sites for hydroxylation is 1. The summed E-state index contributed by atoms with van der Waals surface area (Å²) in [5.74, 6) is 0.593. The number of nitrogens with zero attached hydrogens (tertiary/aromatic N) is 8. The molecule has 1 aromatic carbocycles. The number of benzene rings is 1. The van der Waals surface area contributed by atoms with Crippen LogP contribution in [0.2, 0.25) is 5.02 Å². The van der Waals surface area contributed by atoms with Crippen molar-refractivity contribution in [1.29, 1.82) is 0 Å². The van der Waals surface area contributed by atoms with Gasteiger partial charge in [0.2, 0.25) is 0 Å². The van der Waals surface area contributed by atoms with Crippen molar-refractivity contribution in [3.63, 3.8) is 0 Å². The lowest BCUT2D eigenvalue weighted by Crippen LogP contribution is -2.58. The van der Waals surface area contributed by atoms with E-state index in [1.165, 1.54) is 6.92 Å². The highest BCUT2D eigenvalue weighted by Crippen LogP contribution is 2.39. The maximum atomic E-state index is 13.7. The van der Waals surface area contributed by atoms with Gasteiger partial charge in [-0.2, -0.15) is 18.2 Å². The van der Waals surface area contributed by atoms with Gasteiger partial charge in [0.15, 0.2) is 11.5 Å². The number of piperazine rings is 1. The van der Waals surface area contributed by atoms with E-state index in [0.29, 0.717) is 36.3 Å². The minimum atomic E-state index is -4.27. The van der Waals surface area contributed by atoms with Crippen molar-refractivity contribution in [2.75, 3.05) is 24.6 Å². The van der Waals surface area contributed by atoms with Crippen molar-refractivity contribution < 1.29 is 17.9 Å². The van der Waals surface area contributed by atoms with Gasteiger partial charge in [-0.25, -0.2) is 9.38 Å². The number of imidazole rings is 1. The van der Waals surface area contributed by atoms with Gasteiger partial charge in [-0.1, -0.05) is 30.7 Å². The summed E-state index contributed by atoms with van der Waals surface area (Å²) in [7, 11) is 0. The van der Waals surface area contributed by atoms with Crippen LogP contribution in [0.1, 0.15) is 57.5 Å². The van der Waals surface area contributed by atoms with Gasteiger partial charge in [-0.05, 0) is 57.7 Å². The van der Waals surface area contributed by atoms with E-state index in [2.05, 4.69) is 38.4 Å². The number of rotatable bonds is 7. The summed E-state index contributed by atoms with van der Waals surface area (Å²) in [6.07, 6.45) is -0.488. The first-order chi connectivity index (χ1) is 20.0. The Bertz CT molecular complexity index is 1550. The lowest BCUT2D eigenvalue weighted by Gasteiger charge is -2.48. The lowest BCUT2D eigenvalue weighted by molar-refractivity contribution is -0.175. The summed E-state index contributed by atoms with van der Waals surface area (Å²) in [5.41, 5.74) is 2.45. The zero-order valence-corrected chi connectivity index (χ0v) is 25.0. The van der Waals surface area contributed by atoms with Crippen LogP contribution in [0.25, 0.3) is 16.9 Å². The Labute approximate surface area is 247 Å². The molecule has 5 atom stereocenters. The third-order valence-corrected chi connectivity index (χ3v) is 9.07. The van der Waals surface area contributed by atoms with Gasteiger partial charge in [-0.15, -0.1) is 10.2 Å². The molecule has 2 fully saturated rings. The minimum Gasteiger partial charge on any atom is -0.376 e. The molecule has 13 heteroatoms. The van der Waals surface area contributed by atoms with Crippen LogP contribution >= 0.6 is 11.6 Å². The van der Waals surface area contributed by atoms with Crippen molar-refractivity contribution >= 4 is 34.4 Å². The number of hydrogen-bond donors (Lipinski definition) is 0. The van der Waals surface area contributed by atoms with E-state index >= 15 is 0 Å². The predicted octanol–water partition coefficient (Wildman–Crippen LogP) is 5.84. The van der Waals surface area contributed by atoms with Crippen LogP contribution in [0.3, 0.4) is 0 Å². The number of ether oxygens (including phenoxy) is 1. The molecule has 4 aromatic rings. The molecule has 0 spiro atoms. The molecule has 0 radical (unpaired) electrons. The van der Waals surface area contributed by atoms with Crippen LogP contribution in [0, 0.1) is 12.8 Å². The summed E-state index contributed by atoms with van der Waals surface area (Å²) in [6, 6.07) is 6.64. The third-order valence-electron chi connectivity index (χ3n) is 8.81. The summed E-state index contributed by atoms with van der Waals surface area (Å²) in [5, 5.41) is 8.95. The summed E-state index contributed by atoms with van der Waals surface area (Å²) in [6.45, 7) is 9.96. The summed E-state index contributed by atoms with van der Waals surface area (Å²) in [4.78, 5) is 14.3. The van der Waals surface area contributed by atoms with Crippen LogP contribution in [0.5, 0.6) is 0 Å². The molecule has 2 aliphatic heterocycles. The second-order valence-electron chi connectivity index (χ2n) is 11.8. The monoisotopic (exact) mass is 604 g/mol. The van der Waals surface area contributed by atoms with Crippen LogP contribution in [-0.2, 0) is 11.3 Å². The van der Waals surface area contributed by atoms with Crippen LogP contribution < -0.4 is 4.90 Å². The van der Waals surface area contributed by atoms with E-state index < -0.39 is 18.1 Å². The van der Waals surface area contributed by atoms with Crippen molar-refractivity contribution in [3.8, 4) is 0 Å². The number of hydrogen-bond acceptors (Lipinski definition) is 7. The van der Waals surface area contributed by atoms with E-state index in [1.807, 2.05) is 23.5 Å². The molecule has 42 heavy (non-hydrogen) atoms. The topological polar surface area (TPSA) is 76.6 Å². The summed E-state index contributed by atoms with van der Waals surface area (Å²) < 4.78 is 51.2. The lowest BCUT2D eigenvalue weighted by atomic mass is 9.91. The van der Waals surface area contributed by atoms with Gasteiger partial charge in [0, 0.05) is 42.8 Å². The molecule has 9 nitrogen and oxygen atoms in total. The highest BCUT2D eigenvalue weighted by Gasteiger charge is 2.42. The molecule has 0 bridgehead atoms. The van der Waals surface area contributed by atoms with E-state index in [9.17, 15) is 13.2 Å². The molecule has 0 aliphatic carbocycles. The largest absolute Gasteiger partial charge is 0.391 e. The minimum absolute atomic E-state index is 0.0385. The number of anilines is 1. The maximum Gasteiger partial charge on any atom is 0.391 e. The normalized spacial score (nSPS) is 23.7. The predicted molar refractivity (Wildman–Crippen MR) is 155 cm³/mol. The quantitative estimate of drug-likeness (QED) is 0.262. The number of fused-ring (bicyclic) bond motifs is 3. The van der Waals surface area contributed by atoms with Gasteiger partial charge < -0.3 is 14.2 Å². The van der Waals surface area contributed by atoms with Gasteiger partial charge >= 0.3 is 6.18 Å². The van der Waals surface area contributed by atoms with Crippen molar-refractivity contribution in [2.24, 2.45) is 5.92 Å². The fourth-order valence-corrected chi connectivity index (χ4v) is 6.59. The van der Waals surface area contributed by atoms with Crippen LogP contribution in [-0.4, -0.2) is 78.1 Å². The SMILES string of the molecule is Cc1nc2c(N3C[C@@H](C)N(C(C[C@H](C)C(F)(F)F)c4ccc(Cl)cc4)C[C@@H]3C)nc3nncn3c2n1C[C@@H]1CCCO1. The molecule has 0 saturated carbocycles. The smallest absolute Gasteiger partial charge is 0.376 e. The highest BCUT2D eigenvalue weighted by molar-refractivity contribution is 6.30. The molecule has 226 valence electrons.